The smallest absolute Gasteiger partial charge is 0.247 e. The van der Waals surface area contributed by atoms with Crippen LogP contribution in [0.2, 0.25) is 0 Å². The van der Waals surface area contributed by atoms with Gasteiger partial charge in [-0.15, -0.1) is 0 Å². The molecule has 0 spiro atoms. The highest BCUT2D eigenvalue weighted by Gasteiger charge is 2.42. The van der Waals surface area contributed by atoms with E-state index in [0.717, 1.165) is 10.8 Å². The second-order valence-corrected chi connectivity index (χ2v) is 6.84. The fourth-order valence-electron chi connectivity index (χ4n) is 3.50. The van der Waals surface area contributed by atoms with E-state index in [-0.39, 0.29) is 5.91 Å². The highest BCUT2D eigenvalue weighted by molar-refractivity contribution is 7.99. The number of nitrogens with zero attached hydrogens (tertiary/aromatic N) is 1. The molecule has 1 amide bonds. The number of carbonyl (C=O) groups excluding carboxylic acids is 1. The predicted molar refractivity (Wildman–Crippen MR) is 85.7 cm³/mol. The van der Waals surface area contributed by atoms with Crippen LogP contribution in [0.5, 0.6) is 0 Å². The van der Waals surface area contributed by atoms with Crippen molar-refractivity contribution in [3.63, 3.8) is 0 Å². The minimum absolute atomic E-state index is 0.195. The van der Waals surface area contributed by atoms with Crippen molar-refractivity contribution in [3.8, 4) is 0 Å². The summed E-state index contributed by atoms with van der Waals surface area (Å²) in [6.45, 7) is 0. The zero-order chi connectivity index (χ0) is 13.9. The molecule has 2 aliphatic rings. The maximum atomic E-state index is 12.5. The largest absolute Gasteiger partial charge is 0.333 e. The summed E-state index contributed by atoms with van der Waals surface area (Å²) in [6.07, 6.45) is 10.6. The van der Waals surface area contributed by atoms with Crippen molar-refractivity contribution in [1.29, 1.82) is 0 Å². The summed E-state index contributed by atoms with van der Waals surface area (Å²) in [5, 5.41) is 0.745. The first-order valence-corrected chi connectivity index (χ1v) is 8.65. The summed E-state index contributed by atoms with van der Waals surface area (Å²) in [4.78, 5) is 14.6. The lowest BCUT2D eigenvalue weighted by atomic mass is 10.0. The monoisotopic (exact) mass is 287 g/mol. The molecule has 0 radical (unpaired) electrons. The number of carbonyl (C=O) groups is 1. The Labute approximate surface area is 125 Å². The molecule has 0 N–H and O–H groups in total. The first-order chi connectivity index (χ1) is 9.78. The molecule has 2 atom stereocenters. The maximum Gasteiger partial charge on any atom is 0.247 e. The molecule has 2 nitrogen and oxygen atoms in total. The Kier molecular flexibility index (Phi) is 4.16. The van der Waals surface area contributed by atoms with Crippen molar-refractivity contribution in [3.05, 3.63) is 42.0 Å². The molecule has 2 bridgehead atoms. The van der Waals surface area contributed by atoms with Crippen LogP contribution in [0.25, 0.3) is 6.08 Å². The van der Waals surface area contributed by atoms with Crippen LogP contribution >= 0.6 is 11.8 Å². The predicted octanol–water partition coefficient (Wildman–Crippen LogP) is 3.58. The van der Waals surface area contributed by atoms with Crippen molar-refractivity contribution in [1.82, 2.24) is 4.90 Å². The molecule has 3 heteroatoms. The van der Waals surface area contributed by atoms with Gasteiger partial charge in [-0.05, 0) is 43.6 Å². The van der Waals surface area contributed by atoms with Gasteiger partial charge >= 0.3 is 0 Å². The summed E-state index contributed by atoms with van der Waals surface area (Å²) < 4.78 is 0. The van der Waals surface area contributed by atoms with E-state index >= 15 is 0 Å². The van der Waals surface area contributed by atoms with Crippen LogP contribution in [0.3, 0.4) is 0 Å². The average molecular weight is 287 g/mol. The molecule has 2 heterocycles. The van der Waals surface area contributed by atoms with Crippen molar-refractivity contribution in [2.45, 2.75) is 43.0 Å². The van der Waals surface area contributed by atoms with Crippen LogP contribution < -0.4 is 0 Å². The summed E-state index contributed by atoms with van der Waals surface area (Å²) >= 11 is 1.96. The van der Waals surface area contributed by atoms with E-state index in [1.165, 1.54) is 25.7 Å². The van der Waals surface area contributed by atoms with Gasteiger partial charge in [0.2, 0.25) is 5.91 Å². The number of piperidine rings is 1. The van der Waals surface area contributed by atoms with Crippen LogP contribution in [0.15, 0.2) is 36.4 Å². The molecule has 2 unspecified atom stereocenters. The zero-order valence-electron chi connectivity index (χ0n) is 11.9. The van der Waals surface area contributed by atoms with E-state index < -0.39 is 0 Å². The molecule has 20 heavy (non-hydrogen) atoms. The lowest BCUT2D eigenvalue weighted by Crippen LogP contribution is -2.46. The van der Waals surface area contributed by atoms with Crippen molar-refractivity contribution >= 4 is 23.7 Å². The minimum atomic E-state index is 0.195. The Balaban J connectivity index is 1.68. The number of benzene rings is 1. The molecule has 1 aromatic rings. The Morgan fingerprint density at radius 2 is 1.85 bits per heavy atom. The Bertz CT molecular complexity index is 485. The van der Waals surface area contributed by atoms with Gasteiger partial charge < -0.3 is 4.90 Å². The van der Waals surface area contributed by atoms with Crippen LogP contribution in [0.1, 0.15) is 31.2 Å². The maximum absolute atomic E-state index is 12.5. The number of fused-ring (bicyclic) bond motifs is 2. The third-order valence-corrected chi connectivity index (χ3v) is 5.55. The van der Waals surface area contributed by atoms with Gasteiger partial charge in [0.05, 0.1) is 0 Å². The molecule has 1 aromatic carbocycles. The summed E-state index contributed by atoms with van der Waals surface area (Å²) in [5.74, 6) is 0.195. The molecule has 0 aliphatic carbocycles. The van der Waals surface area contributed by atoms with Crippen molar-refractivity contribution in [2.75, 3.05) is 6.26 Å². The van der Waals surface area contributed by atoms with Crippen LogP contribution in [-0.4, -0.2) is 34.4 Å². The van der Waals surface area contributed by atoms with Gasteiger partial charge in [-0.3, -0.25) is 4.79 Å². The molecule has 2 fully saturated rings. The molecule has 2 aliphatic heterocycles. The normalized spacial score (nSPS) is 29.1. The standard InChI is InChI=1S/C17H21NOS/c1-20-16-11-14-8-9-15(12-16)18(14)17(19)10-7-13-5-3-2-4-6-13/h2-7,10,14-16H,8-9,11-12H2,1H3. The molecule has 3 rings (SSSR count). The SMILES string of the molecule is CSC1CC2CCC(C1)N2C(=O)C=Cc1ccccc1. The topological polar surface area (TPSA) is 20.3 Å². The number of rotatable bonds is 3. The first-order valence-electron chi connectivity index (χ1n) is 7.36. The quantitative estimate of drug-likeness (QED) is 0.792. The summed E-state index contributed by atoms with van der Waals surface area (Å²) in [7, 11) is 0. The van der Waals surface area contributed by atoms with Crippen LogP contribution in [0, 0.1) is 0 Å². The average Bonchev–Trinajstić information content (AvgIpc) is 2.76. The van der Waals surface area contributed by atoms with Crippen LogP contribution in [0.4, 0.5) is 0 Å². The van der Waals surface area contributed by atoms with Gasteiger partial charge in [0.1, 0.15) is 0 Å². The fourth-order valence-corrected chi connectivity index (χ4v) is 4.33. The van der Waals surface area contributed by atoms with E-state index in [9.17, 15) is 4.79 Å². The van der Waals surface area contributed by atoms with Crippen molar-refractivity contribution in [2.24, 2.45) is 0 Å². The van der Waals surface area contributed by atoms with Gasteiger partial charge in [-0.1, -0.05) is 30.3 Å². The second-order valence-electron chi connectivity index (χ2n) is 5.70. The Hall–Kier alpha value is -1.22. The van der Waals surface area contributed by atoms with Gasteiger partial charge in [-0.25, -0.2) is 0 Å². The highest BCUT2D eigenvalue weighted by atomic mass is 32.2. The third-order valence-electron chi connectivity index (χ3n) is 4.50. The van der Waals surface area contributed by atoms with E-state index in [4.69, 9.17) is 0 Å². The van der Waals surface area contributed by atoms with E-state index in [1.807, 2.05) is 48.2 Å². The molecular weight excluding hydrogens is 266 g/mol. The van der Waals surface area contributed by atoms with E-state index in [1.54, 1.807) is 6.08 Å². The molecular formula is C17H21NOS. The van der Waals surface area contributed by atoms with Crippen LogP contribution in [-0.2, 0) is 4.79 Å². The lowest BCUT2D eigenvalue weighted by Gasteiger charge is -2.37. The number of hydrogen-bond acceptors (Lipinski definition) is 2. The summed E-state index contributed by atoms with van der Waals surface area (Å²) in [5.41, 5.74) is 1.09. The van der Waals surface area contributed by atoms with Gasteiger partial charge in [0, 0.05) is 23.4 Å². The molecule has 0 saturated carbocycles. The second kappa shape index (κ2) is 6.04. The third kappa shape index (κ3) is 2.78. The van der Waals surface area contributed by atoms with E-state index in [2.05, 4.69) is 11.2 Å². The van der Waals surface area contributed by atoms with Gasteiger partial charge in [0.25, 0.3) is 0 Å². The number of amides is 1. The highest BCUT2D eigenvalue weighted by Crippen LogP contribution is 2.39. The Morgan fingerprint density at radius 3 is 2.45 bits per heavy atom. The lowest BCUT2D eigenvalue weighted by molar-refractivity contribution is -0.129. The first kappa shape index (κ1) is 13.7. The van der Waals surface area contributed by atoms with Gasteiger partial charge in [-0.2, -0.15) is 11.8 Å². The molecule has 2 saturated heterocycles. The summed E-state index contributed by atoms with van der Waals surface area (Å²) in [6, 6.07) is 11.0. The number of thioether (sulfide) groups is 1. The fraction of sp³-hybridized carbons (Fsp3) is 0.471. The molecule has 106 valence electrons. The minimum Gasteiger partial charge on any atom is -0.333 e. The van der Waals surface area contributed by atoms with Crippen molar-refractivity contribution < 1.29 is 4.79 Å². The Morgan fingerprint density at radius 1 is 1.20 bits per heavy atom. The molecule has 0 aromatic heterocycles. The van der Waals surface area contributed by atoms with Gasteiger partial charge in [0.15, 0.2) is 0 Å². The number of hydrogen-bond donors (Lipinski definition) is 0. The zero-order valence-corrected chi connectivity index (χ0v) is 12.7. The van der Waals surface area contributed by atoms with E-state index in [0.29, 0.717) is 12.1 Å².